The van der Waals surface area contributed by atoms with E-state index in [1.807, 2.05) is 7.05 Å². The third-order valence-electron chi connectivity index (χ3n) is 2.41. The van der Waals surface area contributed by atoms with E-state index < -0.39 is 0 Å². The van der Waals surface area contributed by atoms with Gasteiger partial charge in [0.2, 0.25) is 0 Å². The van der Waals surface area contributed by atoms with E-state index in [-0.39, 0.29) is 5.78 Å². The van der Waals surface area contributed by atoms with Gasteiger partial charge in [0.1, 0.15) is 5.69 Å². The van der Waals surface area contributed by atoms with Gasteiger partial charge in [-0.15, -0.1) is 0 Å². The maximum absolute atomic E-state index is 11.5. The molecule has 0 aromatic carbocycles. The second-order valence-electron chi connectivity index (χ2n) is 3.87. The monoisotopic (exact) mass is 193 g/mol. The molecule has 1 aliphatic carbocycles. The molecule has 1 heterocycles. The number of nitrogens with one attached hydrogen (secondary N) is 1. The Morgan fingerprint density at radius 1 is 1.71 bits per heavy atom. The largest absolute Gasteiger partial charge is 0.309 e. The molecule has 1 N–H and O–H groups in total. The van der Waals surface area contributed by atoms with Crippen molar-refractivity contribution in [2.75, 3.05) is 13.1 Å². The van der Waals surface area contributed by atoms with Crippen LogP contribution in [0, 0.1) is 5.92 Å². The van der Waals surface area contributed by atoms with Crippen molar-refractivity contribution in [2.45, 2.75) is 12.8 Å². The van der Waals surface area contributed by atoms with E-state index in [1.54, 1.807) is 16.9 Å². The van der Waals surface area contributed by atoms with Crippen molar-refractivity contribution < 1.29 is 4.79 Å². The molecule has 4 nitrogen and oxygen atoms in total. The molecule has 1 fully saturated rings. The summed E-state index contributed by atoms with van der Waals surface area (Å²) in [5, 5.41) is 7.21. The maximum Gasteiger partial charge on any atom is 0.196 e. The van der Waals surface area contributed by atoms with Crippen molar-refractivity contribution in [1.82, 2.24) is 15.1 Å². The summed E-state index contributed by atoms with van der Waals surface area (Å²) in [7, 11) is 1.81. The van der Waals surface area contributed by atoms with Gasteiger partial charge >= 0.3 is 0 Å². The van der Waals surface area contributed by atoms with Gasteiger partial charge in [-0.2, -0.15) is 5.10 Å². The summed E-state index contributed by atoms with van der Waals surface area (Å²) in [5.74, 6) is 0.887. The first-order chi connectivity index (χ1) is 6.75. The second kappa shape index (κ2) is 3.92. The summed E-state index contributed by atoms with van der Waals surface area (Å²) in [5.41, 5.74) is 0.552. The number of Topliss-reactive ketones (excluding diaryl/α,β-unsaturated/α-hetero) is 1. The Morgan fingerprint density at radius 2 is 2.50 bits per heavy atom. The van der Waals surface area contributed by atoms with Gasteiger partial charge in [-0.3, -0.25) is 9.48 Å². The summed E-state index contributed by atoms with van der Waals surface area (Å²) >= 11 is 0. The first-order valence-corrected chi connectivity index (χ1v) is 4.99. The number of carbonyl (C=O) groups excluding carboxylic acids is 1. The zero-order valence-corrected chi connectivity index (χ0v) is 8.36. The normalized spacial score (nSPS) is 15.8. The van der Waals surface area contributed by atoms with Crippen LogP contribution < -0.4 is 5.32 Å². The Kier molecular flexibility index (Phi) is 2.63. The molecular formula is C10H15N3O. The average molecular weight is 193 g/mol. The molecule has 76 valence electrons. The van der Waals surface area contributed by atoms with Crippen LogP contribution in [0.2, 0.25) is 0 Å². The topological polar surface area (TPSA) is 46.9 Å². The highest BCUT2D eigenvalue weighted by molar-refractivity contribution is 5.95. The zero-order chi connectivity index (χ0) is 9.97. The highest BCUT2D eigenvalue weighted by atomic mass is 16.1. The number of aryl methyl sites for hydroxylation is 1. The lowest BCUT2D eigenvalue weighted by molar-refractivity contribution is 0.0985. The molecule has 0 radical (unpaired) electrons. The highest BCUT2D eigenvalue weighted by Gasteiger charge is 2.20. The smallest absolute Gasteiger partial charge is 0.196 e. The Bertz CT molecular complexity index is 328. The summed E-state index contributed by atoms with van der Waals surface area (Å²) in [6.45, 7) is 1.38. The van der Waals surface area contributed by atoms with Gasteiger partial charge < -0.3 is 5.32 Å². The lowest BCUT2D eigenvalue weighted by Gasteiger charge is -1.99. The fourth-order valence-corrected chi connectivity index (χ4v) is 1.37. The lowest BCUT2D eigenvalue weighted by Crippen LogP contribution is -2.25. The van der Waals surface area contributed by atoms with Crippen molar-refractivity contribution in [2.24, 2.45) is 13.0 Å². The molecule has 0 spiro atoms. The van der Waals surface area contributed by atoms with Gasteiger partial charge in [0.25, 0.3) is 0 Å². The first-order valence-electron chi connectivity index (χ1n) is 4.99. The van der Waals surface area contributed by atoms with Crippen LogP contribution in [0.4, 0.5) is 0 Å². The number of aromatic nitrogens is 2. The van der Waals surface area contributed by atoms with Crippen molar-refractivity contribution >= 4 is 5.78 Å². The van der Waals surface area contributed by atoms with E-state index in [1.165, 1.54) is 12.8 Å². The highest BCUT2D eigenvalue weighted by Crippen LogP contribution is 2.27. The van der Waals surface area contributed by atoms with E-state index in [4.69, 9.17) is 0 Å². The Morgan fingerprint density at radius 3 is 3.07 bits per heavy atom. The number of carbonyl (C=O) groups is 1. The fourth-order valence-electron chi connectivity index (χ4n) is 1.37. The molecule has 0 unspecified atom stereocenters. The van der Waals surface area contributed by atoms with Crippen LogP contribution in [0.1, 0.15) is 23.3 Å². The minimum atomic E-state index is 0.0752. The van der Waals surface area contributed by atoms with Crippen LogP contribution in [0.15, 0.2) is 12.3 Å². The van der Waals surface area contributed by atoms with E-state index in [0.717, 1.165) is 12.5 Å². The molecular weight excluding hydrogens is 178 g/mol. The molecule has 1 saturated carbocycles. The zero-order valence-electron chi connectivity index (χ0n) is 8.36. The second-order valence-corrected chi connectivity index (χ2v) is 3.87. The predicted octanol–water partition coefficient (Wildman–Crippen LogP) is 0.602. The molecule has 0 aliphatic heterocycles. The van der Waals surface area contributed by atoms with Crippen LogP contribution in [0.25, 0.3) is 0 Å². The number of hydrogen-bond acceptors (Lipinski definition) is 3. The number of ketones is 1. The third-order valence-corrected chi connectivity index (χ3v) is 2.41. The first kappa shape index (κ1) is 9.40. The average Bonchev–Trinajstić information content (AvgIpc) is 2.87. The number of hydrogen-bond donors (Lipinski definition) is 1. The SMILES string of the molecule is Cn1ccc(C(=O)CNCC2CC2)n1. The van der Waals surface area contributed by atoms with E-state index >= 15 is 0 Å². The molecule has 1 aliphatic rings. The third kappa shape index (κ3) is 2.42. The minimum absolute atomic E-state index is 0.0752. The summed E-state index contributed by atoms with van der Waals surface area (Å²) in [6.07, 6.45) is 4.41. The van der Waals surface area contributed by atoms with E-state index in [9.17, 15) is 4.79 Å². The Labute approximate surface area is 83.3 Å². The van der Waals surface area contributed by atoms with Crippen LogP contribution in [0.5, 0.6) is 0 Å². The van der Waals surface area contributed by atoms with Crippen LogP contribution >= 0.6 is 0 Å². The van der Waals surface area contributed by atoms with Gasteiger partial charge in [0.05, 0.1) is 6.54 Å². The van der Waals surface area contributed by atoms with Gasteiger partial charge in [-0.1, -0.05) is 0 Å². The van der Waals surface area contributed by atoms with Crippen LogP contribution in [-0.4, -0.2) is 28.7 Å². The quantitative estimate of drug-likeness (QED) is 0.697. The fraction of sp³-hybridized carbons (Fsp3) is 0.600. The van der Waals surface area contributed by atoms with Crippen molar-refractivity contribution in [3.05, 3.63) is 18.0 Å². The molecule has 1 aromatic heterocycles. The summed E-state index contributed by atoms with van der Waals surface area (Å²) in [6, 6.07) is 1.75. The van der Waals surface area contributed by atoms with Crippen LogP contribution in [-0.2, 0) is 7.05 Å². The number of nitrogens with zero attached hydrogens (tertiary/aromatic N) is 2. The molecule has 0 amide bonds. The standard InChI is InChI=1S/C10H15N3O/c1-13-5-4-9(12-13)10(14)7-11-6-8-2-3-8/h4-5,8,11H,2-3,6-7H2,1H3. The van der Waals surface area contributed by atoms with Gasteiger partial charge in [0.15, 0.2) is 5.78 Å². The van der Waals surface area contributed by atoms with E-state index in [2.05, 4.69) is 10.4 Å². The minimum Gasteiger partial charge on any atom is -0.309 e. The van der Waals surface area contributed by atoms with Crippen molar-refractivity contribution in [3.8, 4) is 0 Å². The van der Waals surface area contributed by atoms with Gasteiger partial charge in [-0.05, 0) is 31.4 Å². The summed E-state index contributed by atoms with van der Waals surface area (Å²) in [4.78, 5) is 11.5. The van der Waals surface area contributed by atoms with Crippen LogP contribution in [0.3, 0.4) is 0 Å². The van der Waals surface area contributed by atoms with Crippen molar-refractivity contribution in [1.29, 1.82) is 0 Å². The molecule has 14 heavy (non-hydrogen) atoms. The Balaban J connectivity index is 1.76. The lowest BCUT2D eigenvalue weighted by atomic mass is 10.3. The predicted molar refractivity (Wildman–Crippen MR) is 53.1 cm³/mol. The van der Waals surface area contributed by atoms with Gasteiger partial charge in [0, 0.05) is 13.2 Å². The van der Waals surface area contributed by atoms with Gasteiger partial charge in [-0.25, -0.2) is 0 Å². The molecule has 0 atom stereocenters. The van der Waals surface area contributed by atoms with Crippen molar-refractivity contribution in [3.63, 3.8) is 0 Å². The molecule has 4 heteroatoms. The Hall–Kier alpha value is -1.16. The van der Waals surface area contributed by atoms with E-state index in [0.29, 0.717) is 12.2 Å². The molecule has 2 rings (SSSR count). The maximum atomic E-state index is 11.5. The molecule has 0 bridgehead atoms. The molecule has 0 saturated heterocycles. The number of rotatable bonds is 5. The summed E-state index contributed by atoms with van der Waals surface area (Å²) < 4.78 is 1.65. The molecule has 1 aromatic rings.